The Morgan fingerprint density at radius 2 is 1.44 bits per heavy atom. The van der Waals surface area contributed by atoms with Crippen molar-refractivity contribution >= 4 is 42.5 Å². The summed E-state index contributed by atoms with van der Waals surface area (Å²) in [6.07, 6.45) is 0. The molecule has 6 heteroatoms. The summed E-state index contributed by atoms with van der Waals surface area (Å²) >= 11 is 1.34. The second-order valence-electron chi connectivity index (χ2n) is 11.3. The van der Waals surface area contributed by atoms with Gasteiger partial charge in [0.15, 0.2) is 0 Å². The van der Waals surface area contributed by atoms with Crippen LogP contribution in [0.1, 0.15) is 50.7 Å². The van der Waals surface area contributed by atoms with Crippen LogP contribution in [-0.2, 0) is 20.1 Å². The number of nitrogens with zero attached hydrogens (tertiary/aromatic N) is 2. The molecule has 0 N–H and O–H groups in total. The number of hydrogen-bond acceptors (Lipinski definition) is 2. The Hall–Kier alpha value is -3.70. The quantitative estimate of drug-likeness (QED) is 0.160. The van der Waals surface area contributed by atoms with Gasteiger partial charge in [-0.3, -0.25) is 4.98 Å². The van der Waals surface area contributed by atoms with E-state index in [2.05, 4.69) is 62.6 Å². The summed E-state index contributed by atoms with van der Waals surface area (Å²) in [5, 5.41) is 1.38. The fourth-order valence-electron chi connectivity index (χ4n) is 6.09. The molecule has 1 radical (unpaired) electrons. The zero-order valence-corrected chi connectivity index (χ0v) is 27.4. The number of thiophene rings is 1. The molecule has 0 aliphatic heterocycles. The van der Waals surface area contributed by atoms with E-state index in [0.29, 0.717) is 21.2 Å². The number of para-hydroxylation sites is 3. The van der Waals surface area contributed by atoms with Gasteiger partial charge in [0.05, 0.1) is 21.6 Å². The number of aromatic nitrogens is 2. The van der Waals surface area contributed by atoms with Gasteiger partial charge in [0.2, 0.25) is 0 Å². The van der Waals surface area contributed by atoms with Crippen LogP contribution < -0.4 is 0 Å². The third-order valence-electron chi connectivity index (χ3n) is 8.02. The maximum atomic E-state index is 15.5. The van der Waals surface area contributed by atoms with Crippen molar-refractivity contribution in [3.8, 4) is 28.2 Å². The summed E-state index contributed by atoms with van der Waals surface area (Å²) in [6, 6.07) is 32.3. The first-order chi connectivity index (χ1) is 20.3. The molecule has 0 saturated heterocycles. The Balaban J connectivity index is 0.00000329. The second kappa shape index (κ2) is 11.4. The van der Waals surface area contributed by atoms with Crippen LogP contribution in [0, 0.1) is 17.7 Å². The first-order valence-corrected chi connectivity index (χ1v) is 15.1. The van der Waals surface area contributed by atoms with Gasteiger partial charge in [0.1, 0.15) is 11.6 Å². The molecule has 0 aliphatic rings. The minimum atomic E-state index is -0.569. The fraction of sp³-hybridized carbons (Fsp3) is 0.162. The number of imidazole rings is 1. The molecule has 2 heterocycles. The van der Waals surface area contributed by atoms with Gasteiger partial charge in [-0.1, -0.05) is 99.3 Å². The van der Waals surface area contributed by atoms with Crippen molar-refractivity contribution in [1.82, 2.24) is 9.55 Å². The SMILES string of the molecule is CC(C)c1cccc(C(C)C)c1-n1c(-c2[c-]ccc3c2sc2c(F)cc(F)c(-c4ccccc4)c23)nc2ccccc21.[Ir]. The molecule has 2 nitrogen and oxygen atoms in total. The molecule has 0 unspecified atom stereocenters. The van der Waals surface area contributed by atoms with Gasteiger partial charge in [0.25, 0.3) is 0 Å². The van der Waals surface area contributed by atoms with E-state index in [1.165, 1.54) is 22.5 Å². The zero-order valence-electron chi connectivity index (χ0n) is 24.2. The molecule has 0 bridgehead atoms. The third-order valence-corrected chi connectivity index (χ3v) is 9.25. The van der Waals surface area contributed by atoms with Gasteiger partial charge in [-0.05, 0) is 50.7 Å². The minimum absolute atomic E-state index is 0. The summed E-state index contributed by atoms with van der Waals surface area (Å²) in [7, 11) is 0. The Labute approximate surface area is 267 Å². The summed E-state index contributed by atoms with van der Waals surface area (Å²) in [5.41, 5.74) is 7.36. The first kappa shape index (κ1) is 29.4. The van der Waals surface area contributed by atoms with Crippen molar-refractivity contribution in [2.24, 2.45) is 0 Å². The molecule has 7 aromatic rings. The average Bonchev–Trinajstić information content (AvgIpc) is 3.57. The third kappa shape index (κ3) is 4.73. The molecule has 5 aromatic carbocycles. The van der Waals surface area contributed by atoms with Gasteiger partial charge in [-0.2, -0.15) is 11.3 Å². The van der Waals surface area contributed by atoms with Gasteiger partial charge in [-0.25, -0.2) is 8.78 Å². The van der Waals surface area contributed by atoms with Crippen LogP contribution in [0.15, 0.2) is 91.0 Å². The van der Waals surface area contributed by atoms with Crippen LogP contribution in [0.25, 0.3) is 59.4 Å². The van der Waals surface area contributed by atoms with Crippen LogP contribution in [-0.4, -0.2) is 9.55 Å². The maximum Gasteiger partial charge on any atom is 0.143 e. The number of benzene rings is 5. The van der Waals surface area contributed by atoms with Crippen molar-refractivity contribution in [3.63, 3.8) is 0 Å². The van der Waals surface area contributed by atoms with Crippen molar-refractivity contribution in [2.75, 3.05) is 0 Å². The monoisotopic (exact) mass is 764 g/mol. The predicted molar refractivity (Wildman–Crippen MR) is 172 cm³/mol. The van der Waals surface area contributed by atoms with E-state index in [0.717, 1.165) is 44.3 Å². The van der Waals surface area contributed by atoms with E-state index in [1.807, 2.05) is 60.7 Å². The topological polar surface area (TPSA) is 17.8 Å². The van der Waals surface area contributed by atoms with E-state index >= 15 is 8.78 Å². The number of hydrogen-bond donors (Lipinski definition) is 0. The molecule has 2 aromatic heterocycles. The van der Waals surface area contributed by atoms with Gasteiger partial charge in [0, 0.05) is 37.4 Å². The van der Waals surface area contributed by atoms with Gasteiger partial charge >= 0.3 is 0 Å². The molecule has 0 saturated carbocycles. The normalized spacial score (nSPS) is 11.7. The Kier molecular flexibility index (Phi) is 7.80. The van der Waals surface area contributed by atoms with Crippen LogP contribution in [0.2, 0.25) is 0 Å². The summed E-state index contributed by atoms with van der Waals surface area (Å²) in [5.74, 6) is 0.171. The predicted octanol–water partition coefficient (Wildman–Crippen LogP) is 11.1. The van der Waals surface area contributed by atoms with Crippen molar-refractivity contribution in [1.29, 1.82) is 0 Å². The molecule has 0 fully saturated rings. The van der Waals surface area contributed by atoms with Crippen molar-refractivity contribution in [2.45, 2.75) is 39.5 Å². The molecule has 43 heavy (non-hydrogen) atoms. The second-order valence-corrected chi connectivity index (χ2v) is 12.4. The Bertz CT molecular complexity index is 2100. The summed E-state index contributed by atoms with van der Waals surface area (Å²) in [6.45, 7) is 8.85. The largest absolute Gasteiger partial charge is 0.333 e. The molecular formula is C37H29F2IrN2S-. The molecule has 0 atom stereocenters. The smallest absolute Gasteiger partial charge is 0.143 e. The van der Waals surface area contributed by atoms with Crippen LogP contribution >= 0.6 is 11.3 Å². The summed E-state index contributed by atoms with van der Waals surface area (Å²) < 4.78 is 34.5. The first-order valence-electron chi connectivity index (χ1n) is 14.3. The molecular weight excluding hydrogens is 735 g/mol. The minimum Gasteiger partial charge on any atom is -0.333 e. The molecule has 0 spiro atoms. The van der Waals surface area contributed by atoms with E-state index in [9.17, 15) is 0 Å². The summed E-state index contributed by atoms with van der Waals surface area (Å²) in [4.78, 5) is 5.17. The van der Waals surface area contributed by atoms with E-state index < -0.39 is 11.6 Å². The molecule has 0 amide bonds. The zero-order chi connectivity index (χ0) is 29.1. The Morgan fingerprint density at radius 3 is 2.14 bits per heavy atom. The Morgan fingerprint density at radius 1 is 0.767 bits per heavy atom. The average molecular weight is 764 g/mol. The van der Waals surface area contributed by atoms with E-state index in [4.69, 9.17) is 4.98 Å². The van der Waals surface area contributed by atoms with Crippen LogP contribution in [0.3, 0.4) is 0 Å². The van der Waals surface area contributed by atoms with Crippen LogP contribution in [0.5, 0.6) is 0 Å². The number of fused-ring (bicyclic) bond motifs is 4. The van der Waals surface area contributed by atoms with Crippen molar-refractivity contribution in [3.05, 3.63) is 120 Å². The number of halogens is 2. The fourth-order valence-corrected chi connectivity index (χ4v) is 7.30. The van der Waals surface area contributed by atoms with Crippen LogP contribution in [0.4, 0.5) is 8.78 Å². The molecule has 217 valence electrons. The van der Waals surface area contributed by atoms with Crippen molar-refractivity contribution < 1.29 is 28.9 Å². The maximum absolute atomic E-state index is 15.5. The standard InChI is InChI=1S/C37H29F2N2S.Ir/c1-21(2)24-14-10-15-25(22(3)4)34(24)41-31-19-9-8-18-30(31)40-37(41)27-17-11-16-26-33-32(23-12-6-5-7-13-23)28(38)20-29(39)36(33)42-35(26)27;/h5-16,18-22H,1-4H3;/q-1;. The molecule has 0 aliphatic carbocycles. The number of rotatable bonds is 5. The van der Waals surface area contributed by atoms with E-state index in [-0.39, 0.29) is 31.9 Å². The van der Waals surface area contributed by atoms with Gasteiger partial charge in [-0.15, -0.1) is 18.2 Å². The van der Waals surface area contributed by atoms with Gasteiger partial charge < -0.3 is 4.57 Å². The molecule has 7 rings (SSSR count). The van der Waals surface area contributed by atoms with E-state index in [1.54, 1.807) is 0 Å².